The molecule has 1 aromatic rings. The van der Waals surface area contributed by atoms with Crippen LogP contribution in [0.5, 0.6) is 0 Å². The van der Waals surface area contributed by atoms with Crippen LogP contribution in [0.2, 0.25) is 0 Å². The lowest BCUT2D eigenvalue weighted by atomic mass is 10.1. The second kappa shape index (κ2) is 5.96. The lowest BCUT2D eigenvalue weighted by Gasteiger charge is -2.08. The normalized spacial score (nSPS) is 19.9. The summed E-state index contributed by atoms with van der Waals surface area (Å²) < 4.78 is 10.6. The van der Waals surface area contributed by atoms with Crippen LogP contribution in [-0.2, 0) is 9.47 Å². The van der Waals surface area contributed by atoms with Gasteiger partial charge in [-0.15, -0.1) is 11.3 Å². The van der Waals surface area contributed by atoms with Gasteiger partial charge in [-0.1, -0.05) is 0 Å². The average Bonchev–Trinajstić information content (AvgIpc) is 2.96. The molecule has 4 nitrogen and oxygen atoms in total. The molecule has 88 valence electrons. The number of thiazole rings is 1. The molecule has 0 spiro atoms. The second-order valence-electron chi connectivity index (χ2n) is 3.79. The highest BCUT2D eigenvalue weighted by Crippen LogP contribution is 2.16. The van der Waals surface area contributed by atoms with Crippen molar-refractivity contribution in [1.82, 2.24) is 4.98 Å². The van der Waals surface area contributed by atoms with Gasteiger partial charge in [-0.2, -0.15) is 0 Å². The predicted octanol–water partition coefficient (Wildman–Crippen LogP) is 2.26. The van der Waals surface area contributed by atoms with E-state index in [-0.39, 0.29) is 5.97 Å². The van der Waals surface area contributed by atoms with Gasteiger partial charge in [-0.05, 0) is 25.7 Å². The molecule has 0 radical (unpaired) electrons. The van der Waals surface area contributed by atoms with Gasteiger partial charge >= 0.3 is 5.97 Å². The van der Waals surface area contributed by atoms with Crippen molar-refractivity contribution >= 4 is 17.3 Å². The van der Waals surface area contributed by atoms with E-state index in [4.69, 9.17) is 9.47 Å². The van der Waals surface area contributed by atoms with E-state index >= 15 is 0 Å². The third-order valence-electron chi connectivity index (χ3n) is 2.57. The topological polar surface area (TPSA) is 48.4 Å². The Hall–Kier alpha value is -0.940. The molecule has 0 unspecified atom stereocenters. The van der Waals surface area contributed by atoms with E-state index in [1.165, 1.54) is 11.3 Å². The van der Waals surface area contributed by atoms with Gasteiger partial charge in [-0.25, -0.2) is 9.78 Å². The maximum absolute atomic E-state index is 11.4. The summed E-state index contributed by atoms with van der Waals surface area (Å²) in [4.78, 5) is 15.3. The minimum absolute atomic E-state index is 0.325. The maximum Gasteiger partial charge on any atom is 0.357 e. The zero-order chi connectivity index (χ0) is 11.2. The molecule has 0 bridgehead atoms. The zero-order valence-electron chi connectivity index (χ0n) is 9.05. The van der Waals surface area contributed by atoms with E-state index in [0.29, 0.717) is 18.4 Å². The minimum Gasteiger partial charge on any atom is -0.461 e. The predicted molar refractivity (Wildman–Crippen MR) is 60.6 cm³/mol. The summed E-state index contributed by atoms with van der Waals surface area (Å²) in [5, 5.41) is 1.70. The van der Waals surface area contributed by atoms with Crippen LogP contribution in [0.1, 0.15) is 36.2 Å². The summed E-state index contributed by atoms with van der Waals surface area (Å²) in [5.41, 5.74) is 2.03. The highest BCUT2D eigenvalue weighted by atomic mass is 32.1. The van der Waals surface area contributed by atoms with E-state index in [9.17, 15) is 4.79 Å². The molecule has 1 aromatic heterocycles. The number of nitrogens with zero attached hydrogens (tertiary/aromatic N) is 1. The molecule has 0 aliphatic carbocycles. The zero-order valence-corrected chi connectivity index (χ0v) is 9.87. The largest absolute Gasteiger partial charge is 0.461 e. The van der Waals surface area contributed by atoms with Crippen molar-refractivity contribution in [1.29, 1.82) is 0 Å². The number of carbonyl (C=O) groups excluding carboxylic acids is 1. The molecule has 0 N–H and O–H groups in total. The number of hydrogen-bond acceptors (Lipinski definition) is 5. The summed E-state index contributed by atoms with van der Waals surface area (Å²) in [6, 6.07) is 0. The van der Waals surface area contributed by atoms with Gasteiger partial charge in [0.25, 0.3) is 0 Å². The van der Waals surface area contributed by atoms with Gasteiger partial charge < -0.3 is 9.47 Å². The fourth-order valence-corrected chi connectivity index (χ4v) is 2.26. The van der Waals surface area contributed by atoms with Crippen LogP contribution in [0.4, 0.5) is 0 Å². The standard InChI is InChI=1S/C11H15NO3S/c13-11(10-7-16-8-12-10)15-6-2-4-9-3-1-5-14-9/h7-9H,1-6H2/t9-/m1/s1. The Morgan fingerprint density at radius 1 is 1.69 bits per heavy atom. The van der Waals surface area contributed by atoms with Crippen molar-refractivity contribution in [2.24, 2.45) is 0 Å². The highest BCUT2D eigenvalue weighted by Gasteiger charge is 2.15. The van der Waals surface area contributed by atoms with Gasteiger partial charge in [0.05, 0.1) is 18.2 Å². The molecule has 1 aliphatic heterocycles. The van der Waals surface area contributed by atoms with Crippen LogP contribution < -0.4 is 0 Å². The number of carbonyl (C=O) groups is 1. The first-order valence-corrected chi connectivity index (χ1v) is 6.47. The molecule has 1 fully saturated rings. The van der Waals surface area contributed by atoms with Crippen LogP contribution in [0.25, 0.3) is 0 Å². The molecule has 1 atom stereocenters. The van der Waals surface area contributed by atoms with Crippen LogP contribution in [0.3, 0.4) is 0 Å². The summed E-state index contributed by atoms with van der Waals surface area (Å²) in [6.45, 7) is 1.33. The van der Waals surface area contributed by atoms with E-state index in [2.05, 4.69) is 4.98 Å². The Balaban J connectivity index is 1.59. The Kier molecular flexibility index (Phi) is 4.30. The molecular weight excluding hydrogens is 226 g/mol. The molecule has 0 saturated carbocycles. The van der Waals surface area contributed by atoms with Crippen LogP contribution >= 0.6 is 11.3 Å². The first-order valence-electron chi connectivity index (χ1n) is 5.53. The smallest absolute Gasteiger partial charge is 0.357 e. The summed E-state index contributed by atoms with van der Waals surface area (Å²) in [5.74, 6) is -0.325. The SMILES string of the molecule is O=C(OCCC[C@H]1CCCO1)c1cscn1. The van der Waals surface area contributed by atoms with Crippen molar-refractivity contribution < 1.29 is 14.3 Å². The molecule has 2 rings (SSSR count). The van der Waals surface area contributed by atoms with Crippen molar-refractivity contribution in [3.05, 3.63) is 16.6 Å². The number of ether oxygens (including phenoxy) is 2. The third-order valence-corrected chi connectivity index (χ3v) is 3.16. The minimum atomic E-state index is -0.325. The lowest BCUT2D eigenvalue weighted by Crippen LogP contribution is -2.10. The first kappa shape index (κ1) is 11.5. The quantitative estimate of drug-likeness (QED) is 0.586. The Morgan fingerprint density at radius 3 is 3.31 bits per heavy atom. The summed E-state index contributed by atoms with van der Waals surface area (Å²) in [7, 11) is 0. The van der Waals surface area contributed by atoms with Gasteiger partial charge in [0, 0.05) is 12.0 Å². The second-order valence-corrected chi connectivity index (χ2v) is 4.51. The number of rotatable bonds is 5. The molecule has 1 saturated heterocycles. The molecule has 5 heteroatoms. The van der Waals surface area contributed by atoms with Gasteiger partial charge in [0.15, 0.2) is 5.69 Å². The highest BCUT2D eigenvalue weighted by molar-refractivity contribution is 7.07. The number of esters is 1. The first-order chi connectivity index (χ1) is 7.86. The molecule has 1 aliphatic rings. The van der Waals surface area contributed by atoms with E-state index in [1.54, 1.807) is 10.9 Å². The van der Waals surface area contributed by atoms with E-state index in [0.717, 1.165) is 32.3 Å². The lowest BCUT2D eigenvalue weighted by molar-refractivity contribution is 0.0455. The molecule has 16 heavy (non-hydrogen) atoms. The number of hydrogen-bond donors (Lipinski definition) is 0. The number of aromatic nitrogens is 1. The molecule has 2 heterocycles. The van der Waals surface area contributed by atoms with Crippen LogP contribution in [-0.4, -0.2) is 30.3 Å². The maximum atomic E-state index is 11.4. The van der Waals surface area contributed by atoms with Crippen LogP contribution in [0, 0.1) is 0 Å². The van der Waals surface area contributed by atoms with Gasteiger partial charge in [0.1, 0.15) is 0 Å². The summed E-state index contributed by atoms with van der Waals surface area (Å²) >= 11 is 1.40. The molecule has 0 amide bonds. The average molecular weight is 241 g/mol. The van der Waals surface area contributed by atoms with Gasteiger partial charge in [0.2, 0.25) is 0 Å². The Morgan fingerprint density at radius 2 is 2.62 bits per heavy atom. The molecular formula is C11H15NO3S. The third kappa shape index (κ3) is 3.28. The van der Waals surface area contributed by atoms with Crippen LogP contribution in [0.15, 0.2) is 10.9 Å². The molecule has 0 aromatic carbocycles. The van der Waals surface area contributed by atoms with Gasteiger partial charge in [-0.3, -0.25) is 0 Å². The van der Waals surface area contributed by atoms with Crippen molar-refractivity contribution in [3.8, 4) is 0 Å². The Labute approximate surface area is 98.6 Å². The van der Waals surface area contributed by atoms with Crippen molar-refractivity contribution in [3.63, 3.8) is 0 Å². The van der Waals surface area contributed by atoms with E-state index in [1.807, 2.05) is 0 Å². The fraction of sp³-hybridized carbons (Fsp3) is 0.636. The van der Waals surface area contributed by atoms with Crippen molar-refractivity contribution in [2.75, 3.05) is 13.2 Å². The monoisotopic (exact) mass is 241 g/mol. The fourth-order valence-electron chi connectivity index (χ4n) is 1.74. The van der Waals surface area contributed by atoms with Crippen molar-refractivity contribution in [2.45, 2.75) is 31.8 Å². The Bertz CT molecular complexity index is 320. The van der Waals surface area contributed by atoms with E-state index < -0.39 is 0 Å². The summed E-state index contributed by atoms with van der Waals surface area (Å²) in [6.07, 6.45) is 4.51.